The predicted octanol–water partition coefficient (Wildman–Crippen LogP) is 3.97. The molecule has 1 fully saturated rings. The number of anilines is 2. The Morgan fingerprint density at radius 1 is 1.00 bits per heavy atom. The summed E-state index contributed by atoms with van der Waals surface area (Å²) in [4.78, 5) is 24.2. The Hall–Kier alpha value is -3.93. The Balaban J connectivity index is 1.51. The van der Waals surface area contributed by atoms with E-state index in [9.17, 15) is 26.4 Å². The number of benzene rings is 2. The monoisotopic (exact) mass is 487 g/mol. The van der Waals surface area contributed by atoms with Crippen molar-refractivity contribution in [2.75, 3.05) is 9.62 Å². The zero-order valence-corrected chi connectivity index (χ0v) is 18.1. The number of hydrogen-bond donors (Lipinski definition) is 2. The fraction of sp³-hybridized carbons (Fsp3) is 0.136. The molecule has 0 aliphatic heterocycles. The van der Waals surface area contributed by atoms with Crippen LogP contribution in [-0.2, 0) is 14.8 Å². The SMILES string of the molecule is O=CN(c1nc(-c2ccc(NS(=O)(=O)c3ccc(F)c(F)c3)c(F)c2)c2cc[nH]c2n1)C1CC1. The quantitative estimate of drug-likeness (QED) is 0.384. The number of hydrogen-bond acceptors (Lipinski definition) is 5. The van der Waals surface area contributed by atoms with Crippen LogP contribution in [-0.4, -0.2) is 35.8 Å². The van der Waals surface area contributed by atoms with E-state index >= 15 is 0 Å². The summed E-state index contributed by atoms with van der Waals surface area (Å²) in [5.41, 5.74) is 0.738. The van der Waals surface area contributed by atoms with Crippen LogP contribution in [0.4, 0.5) is 24.8 Å². The smallest absolute Gasteiger partial charge is 0.262 e. The lowest BCUT2D eigenvalue weighted by Crippen LogP contribution is -2.25. The second kappa shape index (κ2) is 8.13. The number of carbonyl (C=O) groups excluding carboxylic acids is 1. The Bertz CT molecular complexity index is 1540. The van der Waals surface area contributed by atoms with E-state index in [0.717, 1.165) is 25.0 Å². The first-order valence-corrected chi connectivity index (χ1v) is 11.6. The molecule has 2 N–H and O–H groups in total. The van der Waals surface area contributed by atoms with Gasteiger partial charge in [0, 0.05) is 23.2 Å². The number of fused-ring (bicyclic) bond motifs is 1. The van der Waals surface area contributed by atoms with Crippen molar-refractivity contribution in [3.8, 4) is 11.3 Å². The average Bonchev–Trinajstić information content (AvgIpc) is 3.52. The molecule has 1 aliphatic rings. The maximum atomic E-state index is 14.9. The molecule has 2 heterocycles. The highest BCUT2D eigenvalue weighted by Gasteiger charge is 2.31. The Kier molecular flexibility index (Phi) is 5.24. The predicted molar refractivity (Wildman–Crippen MR) is 118 cm³/mol. The molecule has 4 aromatic rings. The summed E-state index contributed by atoms with van der Waals surface area (Å²) in [6.45, 7) is 0. The maximum Gasteiger partial charge on any atom is 0.262 e. The molecule has 0 saturated heterocycles. The largest absolute Gasteiger partial charge is 0.346 e. The molecule has 0 bridgehead atoms. The van der Waals surface area contributed by atoms with Crippen molar-refractivity contribution in [1.29, 1.82) is 0 Å². The lowest BCUT2D eigenvalue weighted by atomic mass is 10.1. The minimum absolute atomic E-state index is 0.0163. The van der Waals surface area contributed by atoms with E-state index in [1.54, 1.807) is 12.3 Å². The molecule has 5 rings (SSSR count). The van der Waals surface area contributed by atoms with Crippen molar-refractivity contribution in [1.82, 2.24) is 15.0 Å². The highest BCUT2D eigenvalue weighted by Crippen LogP contribution is 2.33. The van der Waals surface area contributed by atoms with Crippen molar-refractivity contribution in [3.05, 3.63) is 66.1 Å². The van der Waals surface area contributed by atoms with Crippen molar-refractivity contribution >= 4 is 39.1 Å². The molecule has 0 radical (unpaired) electrons. The minimum Gasteiger partial charge on any atom is -0.346 e. The molecular formula is C22H16F3N5O3S. The Morgan fingerprint density at radius 3 is 2.47 bits per heavy atom. The number of nitrogens with zero attached hydrogens (tertiary/aromatic N) is 3. The number of aromatic amines is 1. The first-order valence-electron chi connectivity index (χ1n) is 10.1. The molecule has 1 amide bonds. The number of amides is 1. The second-order valence-corrected chi connectivity index (χ2v) is 9.41. The molecule has 2 aromatic heterocycles. The highest BCUT2D eigenvalue weighted by molar-refractivity contribution is 7.92. The van der Waals surface area contributed by atoms with Crippen LogP contribution < -0.4 is 9.62 Å². The van der Waals surface area contributed by atoms with Crippen molar-refractivity contribution in [2.24, 2.45) is 0 Å². The maximum absolute atomic E-state index is 14.9. The molecule has 0 atom stereocenters. The molecule has 1 saturated carbocycles. The summed E-state index contributed by atoms with van der Waals surface area (Å²) < 4.78 is 68.6. The van der Waals surface area contributed by atoms with Crippen LogP contribution in [0.3, 0.4) is 0 Å². The van der Waals surface area contributed by atoms with Crippen molar-refractivity contribution < 1.29 is 26.4 Å². The van der Waals surface area contributed by atoms with Gasteiger partial charge in [-0.2, -0.15) is 4.98 Å². The van der Waals surface area contributed by atoms with Gasteiger partial charge in [-0.05, 0) is 49.2 Å². The van der Waals surface area contributed by atoms with Crippen LogP contribution in [0.5, 0.6) is 0 Å². The van der Waals surface area contributed by atoms with E-state index in [0.29, 0.717) is 40.8 Å². The third kappa shape index (κ3) is 3.96. The van der Waals surface area contributed by atoms with E-state index in [2.05, 4.69) is 15.0 Å². The average molecular weight is 487 g/mol. The van der Waals surface area contributed by atoms with Crippen LogP contribution in [0.2, 0.25) is 0 Å². The lowest BCUT2D eigenvalue weighted by molar-refractivity contribution is -0.107. The van der Waals surface area contributed by atoms with Gasteiger partial charge in [0.25, 0.3) is 10.0 Å². The van der Waals surface area contributed by atoms with Crippen LogP contribution in [0.1, 0.15) is 12.8 Å². The van der Waals surface area contributed by atoms with Gasteiger partial charge in [-0.1, -0.05) is 6.07 Å². The van der Waals surface area contributed by atoms with Crippen LogP contribution >= 0.6 is 0 Å². The number of sulfonamides is 1. The topological polar surface area (TPSA) is 108 Å². The van der Waals surface area contributed by atoms with E-state index in [-0.39, 0.29) is 17.7 Å². The summed E-state index contributed by atoms with van der Waals surface area (Å²) in [7, 11) is -4.38. The zero-order valence-electron chi connectivity index (χ0n) is 17.3. The molecular weight excluding hydrogens is 471 g/mol. The van der Waals surface area contributed by atoms with Gasteiger partial charge in [0.2, 0.25) is 12.4 Å². The lowest BCUT2D eigenvalue weighted by Gasteiger charge is -2.16. The number of halogens is 3. The molecule has 1 aliphatic carbocycles. The summed E-state index contributed by atoms with van der Waals surface area (Å²) in [6, 6.07) is 7.50. The number of rotatable bonds is 7. The highest BCUT2D eigenvalue weighted by atomic mass is 32.2. The van der Waals surface area contributed by atoms with Gasteiger partial charge in [-0.3, -0.25) is 14.4 Å². The standard InChI is InChI=1S/C22H16F3N5O3S/c23-16-5-4-14(10-17(16)24)34(32,33)29-19-6-1-12(9-18(19)25)20-15-7-8-26-21(15)28-22(27-20)30(11-31)13-2-3-13/h1,4-11,13,29H,2-3H2,(H,26,27,28). The molecule has 174 valence electrons. The van der Waals surface area contributed by atoms with Crippen LogP contribution in [0.15, 0.2) is 53.6 Å². The number of carbonyl (C=O) groups is 1. The van der Waals surface area contributed by atoms with Gasteiger partial charge in [-0.15, -0.1) is 0 Å². The molecule has 2 aromatic carbocycles. The van der Waals surface area contributed by atoms with E-state index in [1.165, 1.54) is 17.0 Å². The minimum atomic E-state index is -4.38. The van der Waals surface area contributed by atoms with Gasteiger partial charge < -0.3 is 4.98 Å². The summed E-state index contributed by atoms with van der Waals surface area (Å²) >= 11 is 0. The Labute approximate surface area is 191 Å². The summed E-state index contributed by atoms with van der Waals surface area (Å²) in [5.74, 6) is -3.29. The fourth-order valence-corrected chi connectivity index (χ4v) is 4.59. The van der Waals surface area contributed by atoms with Crippen molar-refractivity contribution in [2.45, 2.75) is 23.8 Å². The molecule has 0 spiro atoms. The van der Waals surface area contributed by atoms with Gasteiger partial charge >= 0.3 is 0 Å². The third-order valence-corrected chi connectivity index (χ3v) is 6.74. The molecule has 0 unspecified atom stereocenters. The number of H-pyrrole nitrogens is 1. The van der Waals surface area contributed by atoms with E-state index in [4.69, 9.17) is 0 Å². The van der Waals surface area contributed by atoms with Gasteiger partial charge in [-0.25, -0.2) is 26.6 Å². The number of nitrogens with one attached hydrogen (secondary N) is 2. The molecule has 34 heavy (non-hydrogen) atoms. The molecule has 12 heteroatoms. The second-order valence-electron chi connectivity index (χ2n) is 7.73. The Morgan fingerprint density at radius 2 is 1.79 bits per heavy atom. The zero-order chi connectivity index (χ0) is 24.0. The third-order valence-electron chi connectivity index (χ3n) is 5.38. The van der Waals surface area contributed by atoms with Crippen molar-refractivity contribution in [3.63, 3.8) is 0 Å². The fourth-order valence-electron chi connectivity index (χ4n) is 3.51. The first kappa shape index (κ1) is 21.9. The summed E-state index contributed by atoms with van der Waals surface area (Å²) in [6.07, 6.45) is 3.96. The first-order chi connectivity index (χ1) is 16.3. The van der Waals surface area contributed by atoms with E-state index in [1.807, 2.05) is 4.72 Å². The normalized spacial score (nSPS) is 13.7. The van der Waals surface area contributed by atoms with Gasteiger partial charge in [0.15, 0.2) is 11.6 Å². The number of aromatic nitrogens is 3. The molecule has 8 nitrogen and oxygen atoms in total. The van der Waals surface area contributed by atoms with Crippen LogP contribution in [0.25, 0.3) is 22.3 Å². The van der Waals surface area contributed by atoms with Crippen LogP contribution in [0, 0.1) is 17.5 Å². The van der Waals surface area contributed by atoms with Gasteiger partial charge in [0.1, 0.15) is 11.5 Å². The summed E-state index contributed by atoms with van der Waals surface area (Å²) in [5, 5.41) is 0.583. The van der Waals surface area contributed by atoms with E-state index < -0.39 is 32.4 Å². The van der Waals surface area contributed by atoms with Gasteiger partial charge in [0.05, 0.1) is 16.3 Å².